The summed E-state index contributed by atoms with van der Waals surface area (Å²) in [6.07, 6.45) is 5.26. The highest BCUT2D eigenvalue weighted by Gasteiger charge is 2.34. The van der Waals surface area contributed by atoms with E-state index in [1.54, 1.807) is 0 Å². The minimum absolute atomic E-state index is 0.212. The minimum Gasteiger partial charge on any atom is -0.311 e. The van der Waals surface area contributed by atoms with E-state index in [-0.39, 0.29) is 5.54 Å². The number of rotatable bonds is 8. The van der Waals surface area contributed by atoms with Crippen molar-refractivity contribution in [3.63, 3.8) is 0 Å². The van der Waals surface area contributed by atoms with Crippen LogP contribution >= 0.6 is 0 Å². The van der Waals surface area contributed by atoms with Crippen molar-refractivity contribution in [2.45, 2.75) is 71.9 Å². The van der Waals surface area contributed by atoms with Crippen molar-refractivity contribution in [1.82, 2.24) is 15.1 Å². The third-order valence-corrected chi connectivity index (χ3v) is 5.11. The molecule has 1 heterocycles. The monoisotopic (exact) mass is 297 g/mol. The zero-order valence-electron chi connectivity index (χ0n) is 15.6. The van der Waals surface area contributed by atoms with Crippen LogP contribution in [0.2, 0.25) is 0 Å². The Balaban J connectivity index is 2.67. The molecule has 0 aromatic carbocycles. The molecule has 0 spiro atoms. The summed E-state index contributed by atoms with van der Waals surface area (Å²) in [7, 11) is 4.40. The zero-order chi connectivity index (χ0) is 16.1. The van der Waals surface area contributed by atoms with Gasteiger partial charge in [0.05, 0.1) is 0 Å². The van der Waals surface area contributed by atoms with Gasteiger partial charge in [0.1, 0.15) is 0 Å². The molecule has 3 nitrogen and oxygen atoms in total. The Morgan fingerprint density at radius 1 is 1.14 bits per heavy atom. The van der Waals surface area contributed by atoms with Crippen LogP contribution in [0, 0.1) is 5.41 Å². The lowest BCUT2D eigenvalue weighted by Gasteiger charge is -2.40. The van der Waals surface area contributed by atoms with Gasteiger partial charge in [0.15, 0.2) is 0 Å². The molecule has 1 aliphatic rings. The van der Waals surface area contributed by atoms with Gasteiger partial charge in [-0.2, -0.15) is 0 Å². The van der Waals surface area contributed by atoms with Crippen LogP contribution in [0.15, 0.2) is 0 Å². The second kappa shape index (κ2) is 7.94. The summed E-state index contributed by atoms with van der Waals surface area (Å²) in [5, 5.41) is 3.76. The number of hydrogen-bond donors (Lipinski definition) is 1. The Kier molecular flexibility index (Phi) is 7.15. The van der Waals surface area contributed by atoms with Crippen LogP contribution in [-0.2, 0) is 0 Å². The van der Waals surface area contributed by atoms with Gasteiger partial charge in [-0.25, -0.2) is 0 Å². The van der Waals surface area contributed by atoms with Crippen LogP contribution in [0.25, 0.3) is 0 Å². The largest absolute Gasteiger partial charge is 0.311 e. The second-order valence-corrected chi connectivity index (χ2v) is 8.34. The summed E-state index contributed by atoms with van der Waals surface area (Å²) in [5.74, 6) is 0. The minimum atomic E-state index is 0.212. The molecule has 1 unspecified atom stereocenters. The van der Waals surface area contributed by atoms with E-state index >= 15 is 0 Å². The molecule has 3 heteroatoms. The lowest BCUT2D eigenvalue weighted by atomic mass is 9.80. The van der Waals surface area contributed by atoms with Crippen LogP contribution in [0.4, 0.5) is 0 Å². The van der Waals surface area contributed by atoms with Gasteiger partial charge < -0.3 is 10.2 Å². The van der Waals surface area contributed by atoms with E-state index in [2.05, 4.69) is 63.8 Å². The van der Waals surface area contributed by atoms with Crippen LogP contribution in [0.5, 0.6) is 0 Å². The molecule has 1 saturated heterocycles. The molecule has 1 fully saturated rings. The number of nitrogens with zero attached hydrogens (tertiary/aromatic N) is 2. The molecule has 0 bridgehead atoms. The summed E-state index contributed by atoms with van der Waals surface area (Å²) in [6, 6.07) is 0.757. The SMILES string of the molecule is CCC(CC)(CNC(C)(C)C)CN1CCCC1CN(C)C. The molecule has 1 atom stereocenters. The van der Waals surface area contributed by atoms with Crippen molar-refractivity contribution < 1.29 is 0 Å². The second-order valence-electron chi connectivity index (χ2n) is 8.34. The number of likely N-dealkylation sites (N-methyl/N-ethyl adjacent to an activating group) is 1. The Bertz CT molecular complexity index is 289. The fourth-order valence-electron chi connectivity index (χ4n) is 3.39. The van der Waals surface area contributed by atoms with Gasteiger partial charge in [-0.3, -0.25) is 4.90 Å². The molecule has 0 aromatic rings. The van der Waals surface area contributed by atoms with E-state index in [9.17, 15) is 0 Å². The first-order valence-electron chi connectivity index (χ1n) is 8.85. The maximum absolute atomic E-state index is 3.76. The summed E-state index contributed by atoms with van der Waals surface area (Å²) >= 11 is 0. The molecular weight excluding hydrogens is 258 g/mol. The van der Waals surface area contributed by atoms with Crippen molar-refractivity contribution in [3.8, 4) is 0 Å². The van der Waals surface area contributed by atoms with Crippen molar-refractivity contribution >= 4 is 0 Å². The zero-order valence-corrected chi connectivity index (χ0v) is 15.6. The molecule has 0 aliphatic carbocycles. The molecule has 0 amide bonds. The standard InChI is InChI=1S/C18H39N3/c1-8-18(9-2,14-19-17(3,4)5)15-21-12-10-11-16(21)13-20(6)7/h16,19H,8-15H2,1-7H3. The van der Waals surface area contributed by atoms with Crippen LogP contribution < -0.4 is 5.32 Å². The first kappa shape index (κ1) is 18.9. The summed E-state index contributed by atoms with van der Waals surface area (Å²) in [5.41, 5.74) is 0.631. The van der Waals surface area contributed by atoms with E-state index < -0.39 is 0 Å². The third-order valence-electron chi connectivity index (χ3n) is 5.11. The Hall–Kier alpha value is -0.120. The highest BCUT2D eigenvalue weighted by molar-refractivity contribution is 4.90. The van der Waals surface area contributed by atoms with Gasteiger partial charge in [-0.15, -0.1) is 0 Å². The van der Waals surface area contributed by atoms with Crippen molar-refractivity contribution in [1.29, 1.82) is 0 Å². The quantitative estimate of drug-likeness (QED) is 0.742. The summed E-state index contributed by atoms with van der Waals surface area (Å²) in [4.78, 5) is 5.10. The lowest BCUT2D eigenvalue weighted by Crippen LogP contribution is -2.50. The first-order chi connectivity index (χ1) is 9.71. The van der Waals surface area contributed by atoms with Gasteiger partial charge in [-0.05, 0) is 72.5 Å². The fraction of sp³-hybridized carbons (Fsp3) is 1.00. The maximum atomic E-state index is 3.76. The van der Waals surface area contributed by atoms with Crippen LogP contribution in [0.3, 0.4) is 0 Å². The predicted octanol–water partition coefficient (Wildman–Crippen LogP) is 3.21. The number of likely N-dealkylation sites (tertiary alicyclic amines) is 1. The molecule has 1 rings (SSSR count). The molecule has 0 radical (unpaired) electrons. The van der Waals surface area contributed by atoms with E-state index in [0.29, 0.717) is 5.41 Å². The van der Waals surface area contributed by atoms with E-state index in [0.717, 1.165) is 12.6 Å². The molecular formula is C18H39N3. The molecule has 21 heavy (non-hydrogen) atoms. The average Bonchev–Trinajstić information content (AvgIpc) is 2.80. The van der Waals surface area contributed by atoms with E-state index in [1.807, 2.05) is 0 Å². The number of nitrogens with one attached hydrogen (secondary N) is 1. The van der Waals surface area contributed by atoms with E-state index in [1.165, 1.54) is 45.3 Å². The Morgan fingerprint density at radius 2 is 1.76 bits per heavy atom. The van der Waals surface area contributed by atoms with Gasteiger partial charge in [0.2, 0.25) is 0 Å². The lowest BCUT2D eigenvalue weighted by molar-refractivity contribution is 0.106. The van der Waals surface area contributed by atoms with Gasteiger partial charge >= 0.3 is 0 Å². The van der Waals surface area contributed by atoms with Crippen molar-refractivity contribution in [3.05, 3.63) is 0 Å². The normalized spacial score (nSPS) is 21.4. The van der Waals surface area contributed by atoms with Gasteiger partial charge in [0, 0.05) is 31.2 Å². The maximum Gasteiger partial charge on any atom is 0.0223 e. The van der Waals surface area contributed by atoms with Crippen LogP contribution in [0.1, 0.15) is 60.3 Å². The van der Waals surface area contributed by atoms with Gasteiger partial charge in [-0.1, -0.05) is 13.8 Å². The summed E-state index contributed by atoms with van der Waals surface area (Å²) in [6.45, 7) is 16.4. The Labute approximate surface area is 133 Å². The van der Waals surface area contributed by atoms with Crippen molar-refractivity contribution in [2.24, 2.45) is 5.41 Å². The van der Waals surface area contributed by atoms with E-state index in [4.69, 9.17) is 0 Å². The third kappa shape index (κ3) is 6.25. The molecule has 0 saturated carbocycles. The topological polar surface area (TPSA) is 18.5 Å². The molecule has 1 N–H and O–H groups in total. The molecule has 126 valence electrons. The van der Waals surface area contributed by atoms with Crippen LogP contribution in [-0.4, -0.2) is 61.7 Å². The molecule has 1 aliphatic heterocycles. The average molecular weight is 298 g/mol. The first-order valence-corrected chi connectivity index (χ1v) is 8.85. The highest BCUT2D eigenvalue weighted by Crippen LogP contribution is 2.31. The highest BCUT2D eigenvalue weighted by atomic mass is 15.2. The van der Waals surface area contributed by atoms with Gasteiger partial charge in [0.25, 0.3) is 0 Å². The summed E-state index contributed by atoms with van der Waals surface area (Å²) < 4.78 is 0. The molecule has 0 aromatic heterocycles. The fourth-order valence-corrected chi connectivity index (χ4v) is 3.39. The van der Waals surface area contributed by atoms with Crippen molar-refractivity contribution in [2.75, 3.05) is 40.3 Å². The smallest absolute Gasteiger partial charge is 0.0223 e. The predicted molar refractivity (Wildman–Crippen MR) is 93.9 cm³/mol. The number of hydrogen-bond acceptors (Lipinski definition) is 3. The Morgan fingerprint density at radius 3 is 2.24 bits per heavy atom.